The van der Waals surface area contributed by atoms with Gasteiger partial charge in [-0.2, -0.15) is 5.11 Å². The van der Waals surface area contributed by atoms with Gasteiger partial charge in [-0.15, -0.1) is 5.11 Å². The molecular formula is C13H9ClN2O. The molecule has 2 aromatic carbocycles. The fraction of sp³-hybridized carbons (Fsp3) is 0. The van der Waals surface area contributed by atoms with E-state index in [4.69, 9.17) is 11.6 Å². The molecule has 4 heteroatoms. The van der Waals surface area contributed by atoms with Crippen LogP contribution in [0.15, 0.2) is 64.8 Å². The van der Waals surface area contributed by atoms with Crippen LogP contribution in [0.1, 0.15) is 10.4 Å². The molecule has 0 fully saturated rings. The first-order chi connectivity index (χ1) is 8.27. The van der Waals surface area contributed by atoms with Crippen LogP contribution in [-0.4, -0.2) is 5.24 Å². The lowest BCUT2D eigenvalue weighted by Gasteiger charge is -1.98. The number of carbonyl (C=O) groups excluding carboxylic acids is 1. The van der Waals surface area contributed by atoms with Gasteiger partial charge in [0, 0.05) is 0 Å². The number of benzene rings is 2. The highest BCUT2D eigenvalue weighted by Crippen LogP contribution is 2.23. The second-order valence-corrected chi connectivity index (χ2v) is 3.67. The van der Waals surface area contributed by atoms with Gasteiger partial charge in [0.1, 0.15) is 0 Å². The molecule has 0 amide bonds. The highest BCUT2D eigenvalue weighted by molar-refractivity contribution is 6.68. The maximum absolute atomic E-state index is 11.1. The van der Waals surface area contributed by atoms with Crippen molar-refractivity contribution in [1.29, 1.82) is 0 Å². The molecule has 0 spiro atoms. The summed E-state index contributed by atoms with van der Waals surface area (Å²) in [6, 6.07) is 16.1. The second kappa shape index (κ2) is 5.37. The molecule has 2 rings (SSSR count). The van der Waals surface area contributed by atoms with Crippen molar-refractivity contribution in [2.75, 3.05) is 0 Å². The normalized spacial score (nSPS) is 10.6. The highest BCUT2D eigenvalue weighted by Gasteiger charge is 2.06. The molecule has 0 saturated heterocycles. The minimum absolute atomic E-state index is 0.355. The molecule has 0 atom stereocenters. The summed E-state index contributed by atoms with van der Waals surface area (Å²) in [5.41, 5.74) is 1.55. The number of carbonyl (C=O) groups is 1. The van der Waals surface area contributed by atoms with E-state index in [2.05, 4.69) is 10.2 Å². The Labute approximate surface area is 104 Å². The average Bonchev–Trinajstić information content (AvgIpc) is 2.38. The van der Waals surface area contributed by atoms with Gasteiger partial charge in [-0.25, -0.2) is 0 Å². The smallest absolute Gasteiger partial charge is 0.254 e. The van der Waals surface area contributed by atoms with E-state index >= 15 is 0 Å². The largest absolute Gasteiger partial charge is 0.276 e. The Morgan fingerprint density at radius 3 is 2.24 bits per heavy atom. The van der Waals surface area contributed by atoms with Crippen LogP contribution in [0.25, 0.3) is 0 Å². The molecule has 2 aromatic rings. The Bertz CT molecular complexity index is 552. The molecule has 0 aliphatic rings. The fourth-order valence-corrected chi connectivity index (χ4v) is 1.49. The van der Waals surface area contributed by atoms with E-state index < -0.39 is 5.24 Å². The van der Waals surface area contributed by atoms with E-state index in [1.165, 1.54) is 0 Å². The Morgan fingerprint density at radius 1 is 0.882 bits per heavy atom. The van der Waals surface area contributed by atoms with Gasteiger partial charge in [-0.3, -0.25) is 4.79 Å². The van der Waals surface area contributed by atoms with Crippen molar-refractivity contribution in [3.05, 3.63) is 60.2 Å². The molecule has 0 N–H and O–H groups in total. The number of hydrogen-bond donors (Lipinski definition) is 0. The number of azo groups is 1. The fourth-order valence-electron chi connectivity index (χ4n) is 1.33. The van der Waals surface area contributed by atoms with Crippen molar-refractivity contribution in [1.82, 2.24) is 0 Å². The van der Waals surface area contributed by atoms with Crippen LogP contribution in [0, 0.1) is 0 Å². The van der Waals surface area contributed by atoms with Crippen molar-refractivity contribution in [3.8, 4) is 0 Å². The highest BCUT2D eigenvalue weighted by atomic mass is 35.5. The maximum atomic E-state index is 11.1. The van der Waals surface area contributed by atoms with Gasteiger partial charge in [0.2, 0.25) is 0 Å². The molecule has 17 heavy (non-hydrogen) atoms. The standard InChI is InChI=1S/C13H9ClN2O/c14-13(17)11-8-4-5-9-12(11)16-15-10-6-2-1-3-7-10/h1-9H. The first-order valence-corrected chi connectivity index (χ1v) is 5.41. The van der Waals surface area contributed by atoms with Gasteiger partial charge in [-0.1, -0.05) is 30.3 Å². The lowest BCUT2D eigenvalue weighted by Crippen LogP contribution is -1.87. The van der Waals surface area contributed by atoms with Crippen LogP contribution in [-0.2, 0) is 0 Å². The van der Waals surface area contributed by atoms with Crippen LogP contribution >= 0.6 is 11.6 Å². The molecule has 3 nitrogen and oxygen atoms in total. The van der Waals surface area contributed by atoms with E-state index in [-0.39, 0.29) is 0 Å². The lowest BCUT2D eigenvalue weighted by atomic mass is 10.2. The predicted molar refractivity (Wildman–Crippen MR) is 67.2 cm³/mol. The molecule has 0 bridgehead atoms. The molecular weight excluding hydrogens is 236 g/mol. The van der Waals surface area contributed by atoms with Crippen LogP contribution in [0.3, 0.4) is 0 Å². The lowest BCUT2D eigenvalue weighted by molar-refractivity contribution is 0.108. The Morgan fingerprint density at radius 2 is 1.53 bits per heavy atom. The van der Waals surface area contributed by atoms with Gasteiger partial charge in [0.15, 0.2) is 0 Å². The molecule has 0 radical (unpaired) electrons. The van der Waals surface area contributed by atoms with Gasteiger partial charge in [0.25, 0.3) is 5.24 Å². The van der Waals surface area contributed by atoms with Crippen molar-refractivity contribution in [3.63, 3.8) is 0 Å². The first-order valence-electron chi connectivity index (χ1n) is 5.03. The number of rotatable bonds is 3. The Hall–Kier alpha value is -2.00. The zero-order valence-corrected chi connectivity index (χ0v) is 9.63. The van der Waals surface area contributed by atoms with Gasteiger partial charge >= 0.3 is 0 Å². The molecule has 0 unspecified atom stereocenters. The minimum atomic E-state index is -0.535. The predicted octanol–water partition coefficient (Wildman–Crippen LogP) is 4.48. The van der Waals surface area contributed by atoms with E-state index in [1.54, 1.807) is 24.3 Å². The summed E-state index contributed by atoms with van der Waals surface area (Å²) in [5, 5.41) is 7.52. The topological polar surface area (TPSA) is 41.8 Å². The van der Waals surface area contributed by atoms with Crippen LogP contribution in [0.4, 0.5) is 11.4 Å². The number of hydrogen-bond acceptors (Lipinski definition) is 3. The monoisotopic (exact) mass is 244 g/mol. The van der Waals surface area contributed by atoms with E-state index in [9.17, 15) is 4.79 Å². The zero-order chi connectivity index (χ0) is 12.1. The third-order valence-corrected chi connectivity index (χ3v) is 2.35. The summed E-state index contributed by atoms with van der Waals surface area (Å²) >= 11 is 5.45. The van der Waals surface area contributed by atoms with Crippen molar-refractivity contribution >= 4 is 28.2 Å². The van der Waals surface area contributed by atoms with E-state index in [1.807, 2.05) is 30.3 Å². The zero-order valence-electron chi connectivity index (χ0n) is 8.88. The van der Waals surface area contributed by atoms with Crippen LogP contribution < -0.4 is 0 Å². The number of nitrogens with zero attached hydrogens (tertiary/aromatic N) is 2. The molecule has 0 heterocycles. The SMILES string of the molecule is O=C(Cl)c1ccccc1N=Nc1ccccc1. The van der Waals surface area contributed by atoms with Crippen molar-refractivity contribution in [2.45, 2.75) is 0 Å². The Kier molecular flexibility index (Phi) is 3.62. The second-order valence-electron chi connectivity index (χ2n) is 3.33. The summed E-state index contributed by atoms with van der Waals surface area (Å²) < 4.78 is 0. The summed E-state index contributed by atoms with van der Waals surface area (Å²) in [6.07, 6.45) is 0. The summed E-state index contributed by atoms with van der Waals surface area (Å²) in [4.78, 5) is 11.1. The molecule has 84 valence electrons. The molecule has 0 saturated carbocycles. The van der Waals surface area contributed by atoms with Crippen molar-refractivity contribution in [2.24, 2.45) is 10.2 Å². The summed E-state index contributed by atoms with van der Waals surface area (Å²) in [6.45, 7) is 0. The minimum Gasteiger partial charge on any atom is -0.276 e. The quantitative estimate of drug-likeness (QED) is 0.580. The average molecular weight is 245 g/mol. The van der Waals surface area contributed by atoms with Gasteiger partial charge in [-0.05, 0) is 35.9 Å². The van der Waals surface area contributed by atoms with E-state index in [0.717, 1.165) is 5.69 Å². The molecule has 0 aliphatic carbocycles. The third-order valence-electron chi connectivity index (χ3n) is 2.15. The van der Waals surface area contributed by atoms with Crippen LogP contribution in [0.5, 0.6) is 0 Å². The van der Waals surface area contributed by atoms with Crippen LogP contribution in [0.2, 0.25) is 0 Å². The van der Waals surface area contributed by atoms with Gasteiger partial charge in [0.05, 0.1) is 16.9 Å². The third kappa shape index (κ3) is 2.98. The summed E-state index contributed by atoms with van der Waals surface area (Å²) in [7, 11) is 0. The molecule has 0 aliphatic heterocycles. The van der Waals surface area contributed by atoms with Crippen molar-refractivity contribution < 1.29 is 4.79 Å². The van der Waals surface area contributed by atoms with Gasteiger partial charge < -0.3 is 0 Å². The number of halogens is 1. The summed E-state index contributed by atoms with van der Waals surface area (Å²) in [5.74, 6) is 0. The molecule has 0 aromatic heterocycles. The van der Waals surface area contributed by atoms with E-state index in [0.29, 0.717) is 11.3 Å². The first kappa shape index (κ1) is 11.5. The maximum Gasteiger partial charge on any atom is 0.254 e. The Balaban J connectivity index is 2.30.